The molecule has 1 aromatic carbocycles. The van der Waals surface area contributed by atoms with Crippen LogP contribution in [0.4, 0.5) is 11.4 Å². The molecule has 1 saturated carbocycles. The second-order valence-corrected chi connectivity index (χ2v) is 5.24. The monoisotopic (exact) mass is 289 g/mol. The maximum atomic E-state index is 10.9. The molecule has 0 heterocycles. The highest BCUT2D eigenvalue weighted by Crippen LogP contribution is 2.35. The fourth-order valence-corrected chi connectivity index (χ4v) is 2.07. The summed E-state index contributed by atoms with van der Waals surface area (Å²) < 4.78 is 0. The minimum absolute atomic E-state index is 0.0130. The van der Waals surface area contributed by atoms with Crippen molar-refractivity contribution in [2.75, 3.05) is 11.9 Å². The Labute approximate surface area is 114 Å². The van der Waals surface area contributed by atoms with Gasteiger partial charge in [-0.15, -0.1) is 0 Å². The summed E-state index contributed by atoms with van der Waals surface area (Å²) in [6.45, 7) is 0.490. The van der Waals surface area contributed by atoms with Gasteiger partial charge in [0, 0.05) is 18.7 Å². The van der Waals surface area contributed by atoms with Crippen LogP contribution in [0.5, 0.6) is 0 Å². The molecule has 98 valence electrons. The number of halogens is 2. The number of nitro benzene ring substituents is 1. The largest absolute Gasteiger partial charge is 0.378 e. The molecular weight excluding hydrogens is 277 g/mol. The van der Waals surface area contributed by atoms with Crippen LogP contribution in [-0.2, 0) is 0 Å². The standard InChI is InChI=1S/C11H13Cl2N3O2/c12-7-3-10(11(16(17)18)4-8(7)13)15-5-9(14)6-1-2-6/h3-4,6,9,15H,1-2,5,14H2. The zero-order chi connectivity index (χ0) is 13.3. The first kappa shape index (κ1) is 13.4. The van der Waals surface area contributed by atoms with Crippen LogP contribution in [-0.4, -0.2) is 17.5 Å². The van der Waals surface area contributed by atoms with Gasteiger partial charge in [0.25, 0.3) is 5.69 Å². The van der Waals surface area contributed by atoms with Crippen LogP contribution in [0.3, 0.4) is 0 Å². The van der Waals surface area contributed by atoms with Gasteiger partial charge in [0.15, 0.2) is 0 Å². The van der Waals surface area contributed by atoms with Crippen molar-refractivity contribution in [1.82, 2.24) is 0 Å². The first-order valence-corrected chi connectivity index (χ1v) is 6.37. The summed E-state index contributed by atoms with van der Waals surface area (Å²) in [6, 6.07) is 2.72. The van der Waals surface area contributed by atoms with Crippen LogP contribution in [0.1, 0.15) is 12.8 Å². The molecule has 1 aliphatic carbocycles. The number of anilines is 1. The molecule has 7 heteroatoms. The Bertz CT molecular complexity index is 478. The van der Waals surface area contributed by atoms with E-state index >= 15 is 0 Å². The van der Waals surface area contributed by atoms with E-state index in [2.05, 4.69) is 5.32 Å². The quantitative estimate of drug-likeness (QED) is 0.645. The lowest BCUT2D eigenvalue weighted by Crippen LogP contribution is -2.31. The molecule has 0 spiro atoms. The van der Waals surface area contributed by atoms with E-state index < -0.39 is 4.92 Å². The number of rotatable bonds is 5. The molecule has 5 nitrogen and oxygen atoms in total. The van der Waals surface area contributed by atoms with Crippen molar-refractivity contribution in [3.63, 3.8) is 0 Å². The predicted molar refractivity (Wildman–Crippen MR) is 72.3 cm³/mol. The highest BCUT2D eigenvalue weighted by molar-refractivity contribution is 6.42. The second-order valence-electron chi connectivity index (χ2n) is 4.42. The van der Waals surface area contributed by atoms with Gasteiger partial charge in [-0.3, -0.25) is 10.1 Å². The van der Waals surface area contributed by atoms with Crippen LogP contribution < -0.4 is 11.1 Å². The molecule has 1 aliphatic rings. The third-order valence-corrected chi connectivity index (χ3v) is 3.71. The van der Waals surface area contributed by atoms with E-state index in [9.17, 15) is 10.1 Å². The van der Waals surface area contributed by atoms with E-state index in [-0.39, 0.29) is 21.8 Å². The minimum atomic E-state index is -0.493. The number of nitrogens with one attached hydrogen (secondary N) is 1. The highest BCUT2D eigenvalue weighted by Gasteiger charge is 2.28. The summed E-state index contributed by atoms with van der Waals surface area (Å²) in [5.74, 6) is 0.527. The summed E-state index contributed by atoms with van der Waals surface area (Å²) in [7, 11) is 0. The lowest BCUT2D eigenvalue weighted by atomic mass is 10.2. The molecular formula is C11H13Cl2N3O2. The Morgan fingerprint density at radius 3 is 2.61 bits per heavy atom. The van der Waals surface area contributed by atoms with Crippen LogP contribution in [0.25, 0.3) is 0 Å². The molecule has 18 heavy (non-hydrogen) atoms. The van der Waals surface area contributed by atoms with E-state index in [0.29, 0.717) is 18.2 Å². The number of hydrogen-bond acceptors (Lipinski definition) is 4. The molecule has 0 bridgehead atoms. The molecule has 0 aliphatic heterocycles. The Morgan fingerprint density at radius 1 is 1.44 bits per heavy atom. The first-order chi connectivity index (χ1) is 8.49. The number of hydrogen-bond donors (Lipinski definition) is 2. The average Bonchev–Trinajstić information content (AvgIpc) is 3.13. The van der Waals surface area contributed by atoms with Crippen molar-refractivity contribution in [2.24, 2.45) is 11.7 Å². The van der Waals surface area contributed by atoms with E-state index in [1.165, 1.54) is 12.1 Å². The van der Waals surface area contributed by atoms with Gasteiger partial charge >= 0.3 is 0 Å². The van der Waals surface area contributed by atoms with Gasteiger partial charge in [-0.05, 0) is 24.8 Å². The summed E-state index contributed by atoms with van der Waals surface area (Å²) in [4.78, 5) is 10.4. The summed E-state index contributed by atoms with van der Waals surface area (Å²) in [5.41, 5.74) is 6.19. The molecule has 1 unspecified atom stereocenters. The molecule has 0 saturated heterocycles. The highest BCUT2D eigenvalue weighted by atomic mass is 35.5. The Balaban J connectivity index is 2.14. The molecule has 1 fully saturated rings. The normalized spacial score (nSPS) is 16.4. The lowest BCUT2D eigenvalue weighted by Gasteiger charge is -2.13. The van der Waals surface area contributed by atoms with Crippen molar-refractivity contribution in [1.29, 1.82) is 0 Å². The minimum Gasteiger partial charge on any atom is -0.378 e. The fourth-order valence-electron chi connectivity index (χ4n) is 1.75. The second kappa shape index (κ2) is 5.30. The van der Waals surface area contributed by atoms with Crippen molar-refractivity contribution >= 4 is 34.6 Å². The summed E-state index contributed by atoms with van der Waals surface area (Å²) in [6.07, 6.45) is 2.26. The van der Waals surface area contributed by atoms with E-state index in [1.807, 2.05) is 0 Å². The average molecular weight is 290 g/mol. The number of nitro groups is 1. The van der Waals surface area contributed by atoms with E-state index in [1.54, 1.807) is 0 Å². The zero-order valence-corrected chi connectivity index (χ0v) is 11.0. The first-order valence-electron chi connectivity index (χ1n) is 5.62. The smallest absolute Gasteiger partial charge is 0.293 e. The van der Waals surface area contributed by atoms with Gasteiger partial charge in [-0.2, -0.15) is 0 Å². The molecule has 0 aromatic heterocycles. The van der Waals surface area contributed by atoms with Gasteiger partial charge in [-0.25, -0.2) is 0 Å². The van der Waals surface area contributed by atoms with Gasteiger partial charge in [-0.1, -0.05) is 23.2 Å². The molecule has 1 aromatic rings. The van der Waals surface area contributed by atoms with Crippen LogP contribution >= 0.6 is 23.2 Å². The van der Waals surface area contributed by atoms with Crippen LogP contribution in [0, 0.1) is 16.0 Å². The van der Waals surface area contributed by atoms with Crippen molar-refractivity contribution in [3.05, 3.63) is 32.3 Å². The van der Waals surface area contributed by atoms with Crippen molar-refractivity contribution < 1.29 is 4.92 Å². The zero-order valence-electron chi connectivity index (χ0n) is 9.53. The maximum Gasteiger partial charge on any atom is 0.293 e. The topological polar surface area (TPSA) is 81.2 Å². The van der Waals surface area contributed by atoms with Gasteiger partial charge < -0.3 is 11.1 Å². The third kappa shape index (κ3) is 3.04. The van der Waals surface area contributed by atoms with Gasteiger partial charge in [0.1, 0.15) is 5.69 Å². The summed E-state index contributed by atoms with van der Waals surface area (Å²) in [5, 5.41) is 14.3. The van der Waals surface area contributed by atoms with E-state index in [0.717, 1.165) is 12.8 Å². The molecule has 0 radical (unpaired) electrons. The Hall–Kier alpha value is -1.04. The molecule has 1 atom stereocenters. The Morgan fingerprint density at radius 2 is 2.06 bits per heavy atom. The van der Waals surface area contributed by atoms with Crippen molar-refractivity contribution in [3.8, 4) is 0 Å². The van der Waals surface area contributed by atoms with Crippen LogP contribution in [0.2, 0.25) is 10.0 Å². The predicted octanol–water partition coefficient (Wildman–Crippen LogP) is 3.05. The summed E-state index contributed by atoms with van der Waals surface area (Å²) >= 11 is 11.6. The van der Waals surface area contributed by atoms with Gasteiger partial charge in [0.2, 0.25) is 0 Å². The lowest BCUT2D eigenvalue weighted by molar-refractivity contribution is -0.383. The maximum absolute atomic E-state index is 10.9. The van der Waals surface area contributed by atoms with Crippen LogP contribution in [0.15, 0.2) is 12.1 Å². The van der Waals surface area contributed by atoms with Crippen molar-refractivity contribution in [2.45, 2.75) is 18.9 Å². The Kier molecular flexibility index (Phi) is 3.94. The fraction of sp³-hybridized carbons (Fsp3) is 0.455. The SMILES string of the molecule is NC(CNc1cc(Cl)c(Cl)cc1[N+](=O)[O-])C1CC1. The number of nitrogens with zero attached hydrogens (tertiary/aromatic N) is 1. The molecule has 2 rings (SSSR count). The van der Waals surface area contributed by atoms with E-state index in [4.69, 9.17) is 28.9 Å². The van der Waals surface area contributed by atoms with Gasteiger partial charge in [0.05, 0.1) is 15.0 Å². The number of benzene rings is 1. The number of nitrogens with two attached hydrogens (primary N) is 1. The molecule has 0 amide bonds. The third-order valence-electron chi connectivity index (χ3n) is 2.99. The molecule has 3 N–H and O–H groups in total.